The highest BCUT2D eigenvalue weighted by Gasteiger charge is 2.26. The number of ether oxygens (including phenoxy) is 3. The Hall–Kier alpha value is -3.15. The van der Waals surface area contributed by atoms with Crippen LogP contribution >= 0.6 is 35.0 Å². The molecule has 1 saturated carbocycles. The quantitative estimate of drug-likeness (QED) is 0.0969. The number of hydrogen-bond acceptors (Lipinski definition) is 8. The van der Waals surface area contributed by atoms with Crippen molar-refractivity contribution in [1.82, 2.24) is 4.98 Å². The molecule has 13 heteroatoms. The predicted octanol–water partition coefficient (Wildman–Crippen LogP) is 7.90. The molecule has 1 heterocycles. The SMILES string of the molecule is O=C(O[C@@H](Cc1c(Cl)cncc1Cl)c1ccc(OC(F)F)c(OCC2CC2)c1)Sc1ccc([N+](=O)[O-])cc1. The first-order valence-electron chi connectivity index (χ1n) is 11.3. The fourth-order valence-electron chi connectivity index (χ4n) is 3.44. The van der Waals surface area contributed by atoms with Crippen LogP contribution < -0.4 is 9.47 Å². The Morgan fingerprint density at radius 2 is 1.79 bits per heavy atom. The summed E-state index contributed by atoms with van der Waals surface area (Å²) >= 11 is 13.3. The van der Waals surface area contributed by atoms with Gasteiger partial charge in [-0.2, -0.15) is 8.78 Å². The number of halogens is 4. The lowest BCUT2D eigenvalue weighted by atomic mass is 10.0. The average Bonchev–Trinajstić information content (AvgIpc) is 3.69. The first-order chi connectivity index (χ1) is 18.2. The molecule has 0 saturated heterocycles. The molecule has 38 heavy (non-hydrogen) atoms. The molecule has 4 rings (SSSR count). The third-order valence-corrected chi connectivity index (χ3v) is 6.98. The van der Waals surface area contributed by atoms with E-state index < -0.39 is 22.9 Å². The van der Waals surface area contributed by atoms with Crippen molar-refractivity contribution in [1.29, 1.82) is 0 Å². The van der Waals surface area contributed by atoms with E-state index in [0.717, 1.165) is 24.6 Å². The topological polar surface area (TPSA) is 101 Å². The maximum Gasteiger partial charge on any atom is 0.387 e. The summed E-state index contributed by atoms with van der Waals surface area (Å²) in [4.78, 5) is 27.6. The van der Waals surface area contributed by atoms with Crippen LogP contribution in [0.1, 0.15) is 30.1 Å². The summed E-state index contributed by atoms with van der Waals surface area (Å²) in [6.45, 7) is -2.71. The van der Waals surface area contributed by atoms with Crippen molar-refractivity contribution < 1.29 is 32.7 Å². The first kappa shape index (κ1) is 27.9. The van der Waals surface area contributed by atoms with Gasteiger partial charge in [-0.05, 0) is 65.9 Å². The van der Waals surface area contributed by atoms with Crippen LogP contribution in [0.2, 0.25) is 10.0 Å². The Kier molecular flexibility index (Phi) is 9.24. The fraction of sp³-hybridized carbons (Fsp3) is 0.280. The number of nitrogens with zero attached hydrogens (tertiary/aromatic N) is 2. The van der Waals surface area contributed by atoms with Crippen molar-refractivity contribution in [3.05, 3.63) is 86.1 Å². The number of benzene rings is 2. The summed E-state index contributed by atoms with van der Waals surface area (Å²) in [5.74, 6) is 0.291. The second-order valence-electron chi connectivity index (χ2n) is 8.33. The number of aromatic nitrogens is 1. The average molecular weight is 585 g/mol. The zero-order chi connectivity index (χ0) is 27.2. The Morgan fingerprint density at radius 1 is 1.11 bits per heavy atom. The fourth-order valence-corrected chi connectivity index (χ4v) is 4.59. The lowest BCUT2D eigenvalue weighted by Crippen LogP contribution is -2.13. The predicted molar refractivity (Wildman–Crippen MR) is 137 cm³/mol. The number of carbonyl (C=O) groups is 1. The summed E-state index contributed by atoms with van der Waals surface area (Å²) in [6, 6.07) is 9.69. The summed E-state index contributed by atoms with van der Waals surface area (Å²) in [5.41, 5.74) is 0.779. The molecule has 0 N–H and O–H groups in total. The maximum absolute atomic E-state index is 13.0. The summed E-state index contributed by atoms with van der Waals surface area (Å²) in [7, 11) is 0. The van der Waals surface area contributed by atoms with Crippen molar-refractivity contribution in [3.8, 4) is 11.5 Å². The summed E-state index contributed by atoms with van der Waals surface area (Å²) in [6.07, 6.45) is 3.88. The van der Waals surface area contributed by atoms with Crippen molar-refractivity contribution in [2.75, 3.05) is 6.61 Å². The van der Waals surface area contributed by atoms with Crippen LogP contribution in [0.5, 0.6) is 11.5 Å². The second kappa shape index (κ2) is 12.6. The van der Waals surface area contributed by atoms with Gasteiger partial charge < -0.3 is 14.2 Å². The molecule has 0 spiro atoms. The van der Waals surface area contributed by atoms with Crippen molar-refractivity contribution >= 4 is 46.0 Å². The largest absolute Gasteiger partial charge is 0.489 e. The minimum Gasteiger partial charge on any atom is -0.489 e. The molecule has 0 amide bonds. The lowest BCUT2D eigenvalue weighted by molar-refractivity contribution is -0.384. The molecular weight excluding hydrogens is 565 g/mol. The van der Waals surface area contributed by atoms with Gasteiger partial charge in [0.05, 0.1) is 21.6 Å². The molecule has 1 aromatic heterocycles. The number of alkyl halides is 2. The number of nitro groups is 1. The van der Waals surface area contributed by atoms with Gasteiger partial charge in [0.25, 0.3) is 5.69 Å². The molecule has 2 aromatic carbocycles. The van der Waals surface area contributed by atoms with Crippen molar-refractivity contribution in [2.45, 2.75) is 36.9 Å². The molecular formula is C25H20Cl2F2N2O6S. The van der Waals surface area contributed by atoms with E-state index in [2.05, 4.69) is 9.72 Å². The second-order valence-corrected chi connectivity index (χ2v) is 10.2. The molecule has 8 nitrogen and oxygen atoms in total. The standard InChI is InChI=1S/C25H20Cl2F2N2O6S/c26-19-11-30-12-20(27)18(19)10-22(37-25(32)38-17-6-4-16(5-7-17)31(33)34)15-3-8-21(36-24(28)29)23(9-15)35-13-14-1-2-14/h3-9,11-12,14,22,24H,1-2,10,13H2/t22-/m0/s1. The maximum atomic E-state index is 13.0. The lowest BCUT2D eigenvalue weighted by Gasteiger charge is -2.21. The summed E-state index contributed by atoms with van der Waals surface area (Å²) < 4.78 is 42.1. The summed E-state index contributed by atoms with van der Waals surface area (Å²) in [5, 5.41) is 10.7. The van der Waals surface area contributed by atoms with E-state index >= 15 is 0 Å². The van der Waals surface area contributed by atoms with Gasteiger partial charge in [0.1, 0.15) is 6.10 Å². The molecule has 0 unspecified atom stereocenters. The van der Waals surface area contributed by atoms with E-state index in [-0.39, 0.29) is 33.7 Å². The van der Waals surface area contributed by atoms with Crippen LogP contribution in [0.4, 0.5) is 19.3 Å². The highest BCUT2D eigenvalue weighted by Crippen LogP contribution is 2.38. The monoisotopic (exact) mass is 584 g/mol. The Balaban J connectivity index is 1.61. The van der Waals surface area contributed by atoms with Crippen LogP contribution in [0.15, 0.2) is 59.8 Å². The Labute approximate surface area is 230 Å². The molecule has 0 aliphatic heterocycles. The zero-order valence-electron chi connectivity index (χ0n) is 19.5. The smallest absolute Gasteiger partial charge is 0.387 e. The number of non-ortho nitro benzene ring substituents is 1. The Morgan fingerprint density at radius 3 is 2.39 bits per heavy atom. The molecule has 1 atom stereocenters. The number of hydrogen-bond donors (Lipinski definition) is 0. The van der Waals surface area contributed by atoms with E-state index in [1.165, 1.54) is 54.9 Å². The van der Waals surface area contributed by atoms with Gasteiger partial charge in [-0.3, -0.25) is 15.1 Å². The molecule has 200 valence electrons. The minimum absolute atomic E-state index is 0.0455. The van der Waals surface area contributed by atoms with E-state index in [0.29, 0.717) is 28.5 Å². The molecule has 1 aliphatic carbocycles. The van der Waals surface area contributed by atoms with Crippen LogP contribution in [-0.2, 0) is 11.2 Å². The van der Waals surface area contributed by atoms with Crippen LogP contribution in [0.25, 0.3) is 0 Å². The number of rotatable bonds is 11. The highest BCUT2D eigenvalue weighted by molar-refractivity contribution is 8.13. The van der Waals surface area contributed by atoms with Gasteiger partial charge >= 0.3 is 11.9 Å². The number of thioether (sulfide) groups is 1. The Bertz CT molecular complexity index is 1290. The van der Waals surface area contributed by atoms with Crippen LogP contribution in [0.3, 0.4) is 0 Å². The molecule has 3 aromatic rings. The van der Waals surface area contributed by atoms with Crippen molar-refractivity contribution in [3.63, 3.8) is 0 Å². The molecule has 1 fully saturated rings. The van der Waals surface area contributed by atoms with E-state index in [4.69, 9.17) is 32.7 Å². The van der Waals surface area contributed by atoms with Crippen molar-refractivity contribution in [2.24, 2.45) is 5.92 Å². The normalized spacial score (nSPS) is 13.7. The van der Waals surface area contributed by atoms with Gasteiger partial charge in [0.15, 0.2) is 11.5 Å². The molecule has 0 radical (unpaired) electrons. The third-order valence-electron chi connectivity index (χ3n) is 5.56. The molecule has 0 bridgehead atoms. The van der Waals surface area contributed by atoms with Gasteiger partial charge in [-0.25, -0.2) is 4.79 Å². The number of nitro benzene ring substituents is 1. The van der Waals surface area contributed by atoms with Gasteiger partial charge in [-0.15, -0.1) is 0 Å². The molecule has 1 aliphatic rings. The van der Waals surface area contributed by atoms with Gasteiger partial charge in [-0.1, -0.05) is 29.3 Å². The van der Waals surface area contributed by atoms with E-state index in [9.17, 15) is 23.7 Å². The van der Waals surface area contributed by atoms with Crippen LogP contribution in [-0.4, -0.2) is 28.4 Å². The number of pyridine rings is 1. The van der Waals surface area contributed by atoms with E-state index in [1.54, 1.807) is 0 Å². The van der Waals surface area contributed by atoms with Crippen LogP contribution in [0, 0.1) is 16.0 Å². The first-order valence-corrected chi connectivity index (χ1v) is 12.9. The zero-order valence-corrected chi connectivity index (χ0v) is 21.8. The number of carbonyl (C=O) groups excluding carboxylic acids is 1. The highest BCUT2D eigenvalue weighted by atomic mass is 35.5. The van der Waals surface area contributed by atoms with Gasteiger partial charge in [0, 0.05) is 35.8 Å². The third kappa shape index (κ3) is 7.68. The van der Waals surface area contributed by atoms with E-state index in [1.807, 2.05) is 0 Å². The van der Waals surface area contributed by atoms with Gasteiger partial charge in [0.2, 0.25) is 0 Å². The minimum atomic E-state index is -3.05.